The number of nitrogens with zero attached hydrogens (tertiary/aromatic N) is 2. The summed E-state index contributed by atoms with van der Waals surface area (Å²) in [5.74, 6) is 1.48. The van der Waals surface area contributed by atoms with Gasteiger partial charge in [0, 0.05) is 5.56 Å². The van der Waals surface area contributed by atoms with Crippen LogP contribution in [0.25, 0.3) is 11.5 Å². The lowest BCUT2D eigenvalue weighted by Gasteiger charge is -2.12. The summed E-state index contributed by atoms with van der Waals surface area (Å²) < 4.78 is 15.8. The third-order valence-electron chi connectivity index (χ3n) is 3.18. The van der Waals surface area contributed by atoms with E-state index in [1.807, 2.05) is 13.0 Å². The second-order valence-corrected chi connectivity index (χ2v) is 4.86. The van der Waals surface area contributed by atoms with Crippen LogP contribution in [0.2, 0.25) is 0 Å². The zero-order chi connectivity index (χ0) is 16.1. The van der Waals surface area contributed by atoms with E-state index in [1.54, 1.807) is 36.6 Å². The number of benzene rings is 1. The van der Waals surface area contributed by atoms with Crippen molar-refractivity contribution in [1.29, 1.82) is 0 Å². The van der Waals surface area contributed by atoms with Crippen molar-refractivity contribution in [3.63, 3.8) is 0 Å². The van der Waals surface area contributed by atoms with Crippen LogP contribution in [0.1, 0.15) is 18.7 Å². The molecule has 3 rings (SSSR count). The van der Waals surface area contributed by atoms with Crippen molar-refractivity contribution in [2.45, 2.75) is 13.0 Å². The predicted molar refractivity (Wildman–Crippen MR) is 80.5 cm³/mol. The molecule has 0 fully saturated rings. The summed E-state index contributed by atoms with van der Waals surface area (Å²) in [6.07, 6.45) is 2.84. The SMILES string of the molecule is CC(NC(=O)COc1ccc(-c2nnco2)cc1)c1ccco1. The van der Waals surface area contributed by atoms with E-state index in [1.165, 1.54) is 6.39 Å². The molecule has 3 aromatic rings. The fourth-order valence-corrected chi connectivity index (χ4v) is 2.03. The first kappa shape index (κ1) is 14.8. The second-order valence-electron chi connectivity index (χ2n) is 4.86. The molecular weight excluding hydrogens is 298 g/mol. The molecule has 1 atom stereocenters. The molecule has 0 saturated carbocycles. The maximum absolute atomic E-state index is 11.9. The van der Waals surface area contributed by atoms with Gasteiger partial charge in [0.2, 0.25) is 12.3 Å². The first-order chi connectivity index (χ1) is 11.2. The van der Waals surface area contributed by atoms with E-state index < -0.39 is 0 Å². The molecule has 2 aromatic heterocycles. The van der Waals surface area contributed by atoms with Crippen molar-refractivity contribution in [3.05, 3.63) is 54.8 Å². The third kappa shape index (κ3) is 3.76. The van der Waals surface area contributed by atoms with Gasteiger partial charge in [0.05, 0.1) is 12.3 Å². The van der Waals surface area contributed by atoms with Crippen molar-refractivity contribution < 1.29 is 18.4 Å². The molecule has 0 spiro atoms. The van der Waals surface area contributed by atoms with Crippen LogP contribution >= 0.6 is 0 Å². The average molecular weight is 313 g/mol. The van der Waals surface area contributed by atoms with Gasteiger partial charge in [0.15, 0.2) is 6.61 Å². The number of carbonyl (C=O) groups excluding carboxylic acids is 1. The number of rotatable bonds is 6. The Hall–Kier alpha value is -3.09. The van der Waals surface area contributed by atoms with Gasteiger partial charge in [-0.25, -0.2) is 0 Å². The molecule has 118 valence electrons. The van der Waals surface area contributed by atoms with E-state index >= 15 is 0 Å². The number of amides is 1. The van der Waals surface area contributed by atoms with Crippen LogP contribution < -0.4 is 10.1 Å². The van der Waals surface area contributed by atoms with Crippen molar-refractivity contribution in [2.24, 2.45) is 0 Å². The molecule has 1 amide bonds. The normalized spacial score (nSPS) is 11.9. The Kier molecular flexibility index (Phi) is 4.37. The standard InChI is InChI=1S/C16H15N3O4/c1-11(14-3-2-8-21-14)18-15(20)9-22-13-6-4-12(5-7-13)16-19-17-10-23-16/h2-8,10-11H,9H2,1H3,(H,18,20). The van der Waals surface area contributed by atoms with Gasteiger partial charge in [-0.15, -0.1) is 10.2 Å². The smallest absolute Gasteiger partial charge is 0.258 e. The lowest BCUT2D eigenvalue weighted by Crippen LogP contribution is -2.31. The Labute approximate surface area is 132 Å². The van der Waals surface area contributed by atoms with Crippen molar-refractivity contribution >= 4 is 5.91 Å². The molecule has 1 aromatic carbocycles. The molecule has 7 nitrogen and oxygen atoms in total. The number of aromatic nitrogens is 2. The lowest BCUT2D eigenvalue weighted by atomic mass is 10.2. The van der Waals surface area contributed by atoms with Gasteiger partial charge < -0.3 is 18.9 Å². The zero-order valence-electron chi connectivity index (χ0n) is 12.4. The Morgan fingerprint density at radius 1 is 1.26 bits per heavy atom. The maximum Gasteiger partial charge on any atom is 0.258 e. The van der Waals surface area contributed by atoms with Crippen LogP contribution in [0.4, 0.5) is 0 Å². The predicted octanol–water partition coefficient (Wildman–Crippen LogP) is 2.59. The molecule has 0 radical (unpaired) electrons. The Morgan fingerprint density at radius 2 is 2.09 bits per heavy atom. The minimum absolute atomic E-state index is 0.0784. The molecule has 0 aliphatic heterocycles. The Balaban J connectivity index is 1.51. The fourth-order valence-electron chi connectivity index (χ4n) is 2.03. The molecule has 0 aliphatic rings. The van der Waals surface area contributed by atoms with Gasteiger partial charge >= 0.3 is 0 Å². The quantitative estimate of drug-likeness (QED) is 0.752. The van der Waals surface area contributed by atoms with Crippen molar-refractivity contribution in [3.8, 4) is 17.2 Å². The maximum atomic E-state index is 11.9. The van der Waals surface area contributed by atoms with E-state index in [9.17, 15) is 4.79 Å². The van der Waals surface area contributed by atoms with Gasteiger partial charge in [-0.3, -0.25) is 4.79 Å². The van der Waals surface area contributed by atoms with Gasteiger partial charge in [0.1, 0.15) is 11.5 Å². The van der Waals surface area contributed by atoms with Gasteiger partial charge in [0.25, 0.3) is 5.91 Å². The number of hydrogen-bond acceptors (Lipinski definition) is 6. The minimum atomic E-state index is -0.227. The fraction of sp³-hybridized carbons (Fsp3) is 0.188. The third-order valence-corrected chi connectivity index (χ3v) is 3.18. The highest BCUT2D eigenvalue weighted by molar-refractivity contribution is 5.77. The molecule has 2 heterocycles. The summed E-state index contributed by atoms with van der Waals surface area (Å²) in [5, 5.41) is 10.2. The topological polar surface area (TPSA) is 90.4 Å². The molecule has 1 unspecified atom stereocenters. The van der Waals surface area contributed by atoms with E-state index in [-0.39, 0.29) is 18.6 Å². The van der Waals surface area contributed by atoms with E-state index in [2.05, 4.69) is 15.5 Å². The highest BCUT2D eigenvalue weighted by Crippen LogP contribution is 2.20. The molecule has 0 aliphatic carbocycles. The monoisotopic (exact) mass is 313 g/mol. The summed E-state index contributed by atoms with van der Waals surface area (Å²) in [4.78, 5) is 11.9. The average Bonchev–Trinajstić information content (AvgIpc) is 3.26. The number of nitrogens with one attached hydrogen (secondary N) is 1. The second kappa shape index (κ2) is 6.78. The van der Waals surface area contributed by atoms with Crippen LogP contribution in [0.3, 0.4) is 0 Å². The first-order valence-corrected chi connectivity index (χ1v) is 7.04. The van der Waals surface area contributed by atoms with Gasteiger partial charge in [-0.1, -0.05) is 0 Å². The number of carbonyl (C=O) groups is 1. The largest absolute Gasteiger partial charge is 0.484 e. The summed E-state index contributed by atoms with van der Waals surface area (Å²) in [6, 6.07) is 10.4. The first-order valence-electron chi connectivity index (χ1n) is 7.04. The molecule has 0 bridgehead atoms. The van der Waals surface area contributed by atoms with Gasteiger partial charge in [-0.2, -0.15) is 0 Å². The molecule has 7 heteroatoms. The highest BCUT2D eigenvalue weighted by atomic mass is 16.5. The van der Waals surface area contributed by atoms with E-state index in [4.69, 9.17) is 13.6 Å². The van der Waals surface area contributed by atoms with Gasteiger partial charge in [-0.05, 0) is 43.3 Å². The summed E-state index contributed by atoms with van der Waals surface area (Å²) in [5.41, 5.74) is 0.783. The Morgan fingerprint density at radius 3 is 2.74 bits per heavy atom. The summed E-state index contributed by atoms with van der Waals surface area (Å²) in [7, 11) is 0. The van der Waals surface area contributed by atoms with Crippen LogP contribution in [-0.2, 0) is 4.79 Å². The molecule has 23 heavy (non-hydrogen) atoms. The van der Waals surface area contributed by atoms with Crippen molar-refractivity contribution in [2.75, 3.05) is 6.61 Å². The molecule has 1 N–H and O–H groups in total. The van der Waals surface area contributed by atoms with Crippen LogP contribution in [0.15, 0.2) is 57.9 Å². The molecule has 0 saturated heterocycles. The van der Waals surface area contributed by atoms with Crippen LogP contribution in [0.5, 0.6) is 5.75 Å². The summed E-state index contributed by atoms with van der Waals surface area (Å²) in [6.45, 7) is 1.76. The van der Waals surface area contributed by atoms with Crippen molar-refractivity contribution in [1.82, 2.24) is 15.5 Å². The van der Waals surface area contributed by atoms with Crippen LogP contribution in [0, 0.1) is 0 Å². The zero-order valence-corrected chi connectivity index (χ0v) is 12.4. The van der Waals surface area contributed by atoms with E-state index in [0.717, 1.165) is 5.56 Å². The lowest BCUT2D eigenvalue weighted by molar-refractivity contribution is -0.123. The highest BCUT2D eigenvalue weighted by Gasteiger charge is 2.12. The number of hydrogen-bond donors (Lipinski definition) is 1. The van der Waals surface area contributed by atoms with E-state index in [0.29, 0.717) is 17.4 Å². The summed E-state index contributed by atoms with van der Waals surface area (Å²) >= 11 is 0. The molecular formula is C16H15N3O4. The number of ether oxygens (including phenoxy) is 1. The minimum Gasteiger partial charge on any atom is -0.484 e. The van der Waals surface area contributed by atoms with Crippen LogP contribution in [-0.4, -0.2) is 22.7 Å². The Bertz CT molecular complexity index is 736. The number of furan rings is 1.